The van der Waals surface area contributed by atoms with Crippen molar-refractivity contribution in [1.29, 1.82) is 0 Å². The molecule has 2 aromatic carbocycles. The molecule has 0 saturated carbocycles. The minimum absolute atomic E-state index is 0.0717. The Balaban J connectivity index is 2.05. The molecule has 1 heterocycles. The molecule has 0 aliphatic carbocycles. The van der Waals surface area contributed by atoms with E-state index < -0.39 is 11.6 Å². The third-order valence-corrected chi connectivity index (χ3v) is 3.25. The van der Waals surface area contributed by atoms with Gasteiger partial charge in [-0.1, -0.05) is 21.1 Å². The van der Waals surface area contributed by atoms with Gasteiger partial charge in [0.1, 0.15) is 11.6 Å². The molecule has 0 unspecified atom stereocenters. The Morgan fingerprint density at radius 2 is 1.86 bits per heavy atom. The second kappa shape index (κ2) is 5.25. The van der Waals surface area contributed by atoms with E-state index in [1.54, 1.807) is 6.07 Å². The van der Waals surface area contributed by atoms with Crippen molar-refractivity contribution in [2.75, 3.05) is 5.73 Å². The number of benzene rings is 2. The Morgan fingerprint density at radius 1 is 1.05 bits per heavy atom. The fourth-order valence-electron chi connectivity index (χ4n) is 1.85. The monoisotopic (exact) mass is 351 g/mol. The van der Waals surface area contributed by atoms with Crippen LogP contribution in [0.1, 0.15) is 0 Å². The Morgan fingerprint density at radius 3 is 2.62 bits per heavy atom. The van der Waals surface area contributed by atoms with E-state index >= 15 is 0 Å². The van der Waals surface area contributed by atoms with Gasteiger partial charge in [0.2, 0.25) is 5.82 Å². The number of nitrogen functional groups attached to an aromatic ring is 1. The van der Waals surface area contributed by atoms with Crippen molar-refractivity contribution in [2.45, 2.75) is 0 Å². The standard InChI is InChI=1S/C14H8BrF2N3O/c15-8-3-7(4-10(17)5-8)13-19-14(21-20-13)11-6-9(16)1-2-12(11)18/h1-6H,18H2. The van der Waals surface area contributed by atoms with Gasteiger partial charge >= 0.3 is 0 Å². The van der Waals surface area contributed by atoms with Crippen molar-refractivity contribution in [1.82, 2.24) is 10.1 Å². The lowest BCUT2D eigenvalue weighted by molar-refractivity contribution is 0.432. The summed E-state index contributed by atoms with van der Waals surface area (Å²) in [6, 6.07) is 8.08. The second-order valence-corrected chi connectivity index (χ2v) is 5.23. The number of nitrogens with two attached hydrogens (primary N) is 1. The number of hydrogen-bond acceptors (Lipinski definition) is 4. The quantitative estimate of drug-likeness (QED) is 0.708. The number of hydrogen-bond donors (Lipinski definition) is 1. The third kappa shape index (κ3) is 2.78. The summed E-state index contributed by atoms with van der Waals surface area (Å²) in [5, 5.41) is 3.76. The van der Waals surface area contributed by atoms with E-state index in [1.807, 2.05) is 0 Å². The molecule has 2 N–H and O–H groups in total. The first-order chi connectivity index (χ1) is 10.0. The van der Waals surface area contributed by atoms with Gasteiger partial charge in [-0.05, 0) is 36.4 Å². The number of nitrogens with zero attached hydrogens (tertiary/aromatic N) is 2. The van der Waals surface area contributed by atoms with Crippen LogP contribution >= 0.6 is 15.9 Å². The first-order valence-corrected chi connectivity index (χ1v) is 6.68. The number of aromatic nitrogens is 2. The maximum atomic E-state index is 13.4. The van der Waals surface area contributed by atoms with Gasteiger partial charge < -0.3 is 10.3 Å². The van der Waals surface area contributed by atoms with Crippen molar-refractivity contribution in [3.8, 4) is 22.8 Å². The Labute approximate surface area is 126 Å². The van der Waals surface area contributed by atoms with E-state index in [-0.39, 0.29) is 11.7 Å². The lowest BCUT2D eigenvalue weighted by Gasteiger charge is -1.99. The van der Waals surface area contributed by atoms with Gasteiger partial charge in [0.25, 0.3) is 5.89 Å². The Bertz CT molecular complexity index is 799. The molecule has 0 aliphatic rings. The zero-order chi connectivity index (χ0) is 15.0. The Kier molecular flexibility index (Phi) is 3.42. The van der Waals surface area contributed by atoms with Gasteiger partial charge in [-0.2, -0.15) is 4.98 Å². The van der Waals surface area contributed by atoms with E-state index in [9.17, 15) is 8.78 Å². The van der Waals surface area contributed by atoms with E-state index in [0.29, 0.717) is 21.3 Å². The highest BCUT2D eigenvalue weighted by Crippen LogP contribution is 2.28. The molecule has 7 heteroatoms. The fourth-order valence-corrected chi connectivity index (χ4v) is 2.31. The van der Waals surface area contributed by atoms with Crippen LogP contribution in [0.3, 0.4) is 0 Å². The average Bonchev–Trinajstić information content (AvgIpc) is 2.90. The Hall–Kier alpha value is -2.28. The molecule has 21 heavy (non-hydrogen) atoms. The molecule has 0 amide bonds. The van der Waals surface area contributed by atoms with Gasteiger partial charge in [-0.25, -0.2) is 8.78 Å². The van der Waals surface area contributed by atoms with Crippen LogP contribution in [0.5, 0.6) is 0 Å². The van der Waals surface area contributed by atoms with Crippen LogP contribution in [0.15, 0.2) is 45.4 Å². The molecule has 3 rings (SSSR count). The van der Waals surface area contributed by atoms with Crippen molar-refractivity contribution < 1.29 is 13.3 Å². The topological polar surface area (TPSA) is 64.9 Å². The van der Waals surface area contributed by atoms with Crippen LogP contribution in [0, 0.1) is 11.6 Å². The van der Waals surface area contributed by atoms with Crippen molar-refractivity contribution in [2.24, 2.45) is 0 Å². The molecule has 0 atom stereocenters. The molecule has 1 aromatic heterocycles. The van der Waals surface area contributed by atoms with Gasteiger partial charge in [0.05, 0.1) is 5.56 Å². The first-order valence-electron chi connectivity index (χ1n) is 5.88. The highest BCUT2D eigenvalue weighted by atomic mass is 79.9. The average molecular weight is 352 g/mol. The van der Waals surface area contributed by atoms with Gasteiger partial charge in [-0.15, -0.1) is 0 Å². The molecular formula is C14H8BrF2N3O. The number of rotatable bonds is 2. The lowest BCUT2D eigenvalue weighted by atomic mass is 10.1. The van der Waals surface area contributed by atoms with Crippen LogP contribution in [0.2, 0.25) is 0 Å². The molecule has 3 aromatic rings. The van der Waals surface area contributed by atoms with Crippen molar-refractivity contribution >= 4 is 21.6 Å². The predicted molar refractivity (Wildman–Crippen MR) is 77.2 cm³/mol. The first kappa shape index (κ1) is 13.7. The smallest absolute Gasteiger partial charge is 0.260 e. The van der Waals surface area contributed by atoms with Crippen LogP contribution in [-0.4, -0.2) is 10.1 Å². The number of anilines is 1. The lowest BCUT2D eigenvalue weighted by Crippen LogP contribution is -1.91. The highest BCUT2D eigenvalue weighted by Gasteiger charge is 2.14. The highest BCUT2D eigenvalue weighted by molar-refractivity contribution is 9.10. The molecule has 0 fully saturated rings. The minimum atomic E-state index is -0.465. The van der Waals surface area contributed by atoms with E-state index in [1.165, 1.54) is 30.3 Å². The van der Waals surface area contributed by atoms with Gasteiger partial charge in [0.15, 0.2) is 0 Å². The molecule has 4 nitrogen and oxygen atoms in total. The van der Waals surface area contributed by atoms with Crippen LogP contribution in [-0.2, 0) is 0 Å². The normalized spacial score (nSPS) is 10.8. The van der Waals surface area contributed by atoms with E-state index in [0.717, 1.165) is 0 Å². The van der Waals surface area contributed by atoms with Crippen molar-refractivity contribution in [3.05, 3.63) is 52.5 Å². The van der Waals surface area contributed by atoms with Crippen LogP contribution in [0.4, 0.5) is 14.5 Å². The summed E-state index contributed by atoms with van der Waals surface area (Å²) in [5.41, 5.74) is 6.80. The predicted octanol–water partition coefficient (Wildman–Crippen LogP) is 4.03. The second-order valence-electron chi connectivity index (χ2n) is 4.31. The molecule has 0 bridgehead atoms. The maximum absolute atomic E-state index is 13.4. The van der Waals surface area contributed by atoms with E-state index in [2.05, 4.69) is 26.1 Å². The molecule has 0 spiro atoms. The minimum Gasteiger partial charge on any atom is -0.398 e. The third-order valence-electron chi connectivity index (χ3n) is 2.79. The largest absolute Gasteiger partial charge is 0.398 e. The summed E-state index contributed by atoms with van der Waals surface area (Å²) >= 11 is 3.19. The summed E-state index contributed by atoms with van der Waals surface area (Å²) < 4.78 is 32.3. The maximum Gasteiger partial charge on any atom is 0.260 e. The fraction of sp³-hybridized carbons (Fsp3) is 0. The van der Waals surface area contributed by atoms with Crippen molar-refractivity contribution in [3.63, 3.8) is 0 Å². The molecular weight excluding hydrogens is 344 g/mol. The molecule has 0 radical (unpaired) electrons. The number of halogens is 3. The summed E-state index contributed by atoms with van der Waals surface area (Å²) in [7, 11) is 0. The summed E-state index contributed by atoms with van der Waals surface area (Å²) in [4.78, 5) is 4.12. The van der Waals surface area contributed by atoms with E-state index in [4.69, 9.17) is 10.3 Å². The van der Waals surface area contributed by atoms with Gasteiger partial charge in [-0.3, -0.25) is 0 Å². The molecule has 0 aliphatic heterocycles. The molecule has 0 saturated heterocycles. The zero-order valence-electron chi connectivity index (χ0n) is 10.5. The summed E-state index contributed by atoms with van der Waals surface area (Å²) in [6.07, 6.45) is 0. The summed E-state index contributed by atoms with van der Waals surface area (Å²) in [6.45, 7) is 0. The summed E-state index contributed by atoms with van der Waals surface area (Å²) in [5.74, 6) is -0.639. The van der Waals surface area contributed by atoms with Gasteiger partial charge in [0, 0.05) is 15.7 Å². The van der Waals surface area contributed by atoms with Crippen LogP contribution < -0.4 is 5.73 Å². The zero-order valence-corrected chi connectivity index (χ0v) is 12.1. The molecule has 106 valence electrons. The van der Waals surface area contributed by atoms with Crippen LogP contribution in [0.25, 0.3) is 22.8 Å². The SMILES string of the molecule is Nc1ccc(F)cc1-c1nc(-c2cc(F)cc(Br)c2)no1.